The first-order chi connectivity index (χ1) is 16.9. The van der Waals surface area contributed by atoms with Gasteiger partial charge >= 0.3 is 11.9 Å². The molecule has 0 amide bonds. The monoisotopic (exact) mass is 518 g/mol. The predicted molar refractivity (Wildman–Crippen MR) is 131 cm³/mol. The largest absolute Gasteiger partial charge is 0.497 e. The van der Waals surface area contributed by atoms with E-state index in [-0.39, 0.29) is 17.0 Å². The molecule has 1 fully saturated rings. The standard InChI is InChI=1S/C25H30N2O8S/c1-15-6-12-18(13-7-15)36(31,32)27-26-19-14-25(2,30)22(24(29)35-5)20(21(19)23(28)34-4)16-8-10-17(33-3)11-9-16/h6-13,20-22,27,30H,14H2,1-5H3/b26-19-/t20-,21-,22+,25-/m1/s1. The molecule has 2 aromatic carbocycles. The molecule has 0 bridgehead atoms. The molecule has 10 nitrogen and oxygen atoms in total. The number of nitrogens with one attached hydrogen (secondary N) is 1. The smallest absolute Gasteiger partial charge is 0.315 e. The second kappa shape index (κ2) is 10.7. The first-order valence-electron chi connectivity index (χ1n) is 11.1. The van der Waals surface area contributed by atoms with E-state index in [1.807, 2.05) is 6.92 Å². The first kappa shape index (κ1) is 27.2. The molecule has 11 heteroatoms. The lowest BCUT2D eigenvalue weighted by molar-refractivity contribution is -0.160. The maximum atomic E-state index is 13.0. The number of benzene rings is 2. The number of aliphatic hydroxyl groups is 1. The van der Waals surface area contributed by atoms with Gasteiger partial charge in [-0.25, -0.2) is 4.83 Å². The quantitative estimate of drug-likeness (QED) is 0.420. The number of hydrazone groups is 1. The number of hydrogen-bond acceptors (Lipinski definition) is 9. The van der Waals surface area contributed by atoms with Crippen LogP contribution >= 0.6 is 0 Å². The number of carbonyl (C=O) groups is 2. The van der Waals surface area contributed by atoms with Crippen molar-refractivity contribution in [3.8, 4) is 5.75 Å². The summed E-state index contributed by atoms with van der Waals surface area (Å²) in [7, 11) is -0.202. The number of methoxy groups -OCH3 is 3. The van der Waals surface area contributed by atoms with Crippen molar-refractivity contribution in [2.75, 3.05) is 21.3 Å². The van der Waals surface area contributed by atoms with Crippen molar-refractivity contribution in [3.63, 3.8) is 0 Å². The second-order valence-electron chi connectivity index (χ2n) is 8.85. The second-order valence-corrected chi connectivity index (χ2v) is 10.5. The summed E-state index contributed by atoms with van der Waals surface area (Å²) in [5.74, 6) is -4.25. The van der Waals surface area contributed by atoms with Gasteiger partial charge < -0.3 is 19.3 Å². The molecule has 3 rings (SSSR count). The molecule has 1 saturated carbocycles. The van der Waals surface area contributed by atoms with E-state index in [0.717, 1.165) is 5.56 Å². The van der Waals surface area contributed by atoms with Crippen molar-refractivity contribution in [2.45, 2.75) is 36.7 Å². The molecule has 1 aliphatic carbocycles. The van der Waals surface area contributed by atoms with Crippen LogP contribution < -0.4 is 9.57 Å². The fraction of sp³-hybridized carbons (Fsp3) is 0.400. The Labute approximate surface area is 210 Å². The molecule has 0 radical (unpaired) electrons. The van der Waals surface area contributed by atoms with Crippen LogP contribution in [-0.4, -0.2) is 58.1 Å². The third-order valence-corrected chi connectivity index (χ3v) is 7.56. The van der Waals surface area contributed by atoms with Crippen LogP contribution in [-0.2, 0) is 29.1 Å². The number of sulfonamides is 1. The molecule has 2 aromatic rings. The van der Waals surface area contributed by atoms with Gasteiger partial charge in [-0.1, -0.05) is 29.8 Å². The Hall–Kier alpha value is -3.44. The molecule has 0 heterocycles. The van der Waals surface area contributed by atoms with Gasteiger partial charge in [0.1, 0.15) is 11.7 Å². The van der Waals surface area contributed by atoms with Crippen LogP contribution in [0.4, 0.5) is 0 Å². The van der Waals surface area contributed by atoms with Gasteiger partial charge in [-0.15, -0.1) is 0 Å². The molecule has 0 aromatic heterocycles. The highest BCUT2D eigenvalue weighted by atomic mass is 32.2. The van der Waals surface area contributed by atoms with Gasteiger partial charge in [0.2, 0.25) is 0 Å². The van der Waals surface area contributed by atoms with E-state index in [4.69, 9.17) is 14.2 Å². The molecule has 2 N–H and O–H groups in total. The Bertz CT molecular complexity index is 1240. The Morgan fingerprint density at radius 3 is 2.11 bits per heavy atom. The van der Waals surface area contributed by atoms with Crippen LogP contribution in [0, 0.1) is 18.8 Å². The number of esters is 2. The van der Waals surface area contributed by atoms with Gasteiger partial charge in [0.05, 0.1) is 43.5 Å². The Balaban J connectivity index is 2.13. The summed E-state index contributed by atoms with van der Waals surface area (Å²) >= 11 is 0. The van der Waals surface area contributed by atoms with Crippen LogP contribution in [0.3, 0.4) is 0 Å². The van der Waals surface area contributed by atoms with Crippen molar-refractivity contribution in [1.29, 1.82) is 0 Å². The SMILES string of the molecule is COC(=O)[C@@H]1/C(=N\NS(=O)(=O)c2ccc(C)cc2)C[C@@](C)(O)[C@H](C(=O)OC)[C@@H]1c1ccc(OC)cc1. The average Bonchev–Trinajstić information content (AvgIpc) is 2.86. The zero-order chi connectivity index (χ0) is 26.7. The fourth-order valence-corrected chi connectivity index (χ4v) is 5.36. The molecule has 4 atom stereocenters. The van der Waals surface area contributed by atoms with E-state index in [1.165, 1.54) is 40.4 Å². The van der Waals surface area contributed by atoms with Gasteiger partial charge in [-0.2, -0.15) is 13.5 Å². The van der Waals surface area contributed by atoms with E-state index in [2.05, 4.69) is 9.93 Å². The van der Waals surface area contributed by atoms with Crippen molar-refractivity contribution in [2.24, 2.45) is 16.9 Å². The Kier molecular flexibility index (Phi) is 8.05. The Morgan fingerprint density at radius 1 is 1.00 bits per heavy atom. The summed E-state index contributed by atoms with van der Waals surface area (Å²) in [6.07, 6.45) is -0.282. The molecule has 0 unspecified atom stereocenters. The van der Waals surface area contributed by atoms with Gasteiger partial charge in [-0.05, 0) is 43.7 Å². The number of hydrogen-bond donors (Lipinski definition) is 2. The molecule has 0 aliphatic heterocycles. The van der Waals surface area contributed by atoms with Gasteiger partial charge in [0.25, 0.3) is 10.0 Å². The van der Waals surface area contributed by atoms with Crippen LogP contribution in [0.25, 0.3) is 0 Å². The highest BCUT2D eigenvalue weighted by Gasteiger charge is 2.56. The lowest BCUT2D eigenvalue weighted by atomic mass is 9.61. The van der Waals surface area contributed by atoms with E-state index in [1.54, 1.807) is 36.4 Å². The number of rotatable bonds is 7. The Morgan fingerprint density at radius 2 is 1.58 bits per heavy atom. The van der Waals surface area contributed by atoms with E-state index < -0.39 is 45.3 Å². The summed E-state index contributed by atoms with van der Waals surface area (Å²) in [5, 5.41) is 15.4. The molecule has 194 valence electrons. The van der Waals surface area contributed by atoms with Crippen molar-refractivity contribution < 1.29 is 37.3 Å². The van der Waals surface area contributed by atoms with Crippen LogP contribution in [0.15, 0.2) is 58.5 Å². The number of carbonyl (C=O) groups excluding carboxylic acids is 2. The van der Waals surface area contributed by atoms with Gasteiger partial charge in [0.15, 0.2) is 0 Å². The zero-order valence-electron chi connectivity index (χ0n) is 20.7. The van der Waals surface area contributed by atoms with E-state index in [9.17, 15) is 23.1 Å². The topological polar surface area (TPSA) is 141 Å². The van der Waals surface area contributed by atoms with E-state index >= 15 is 0 Å². The van der Waals surface area contributed by atoms with Gasteiger partial charge in [-0.3, -0.25) is 9.59 Å². The van der Waals surface area contributed by atoms with Crippen molar-refractivity contribution in [3.05, 3.63) is 59.7 Å². The van der Waals surface area contributed by atoms with E-state index in [0.29, 0.717) is 11.3 Å². The summed E-state index contributed by atoms with van der Waals surface area (Å²) in [6.45, 7) is 3.24. The van der Waals surface area contributed by atoms with Crippen LogP contribution in [0.5, 0.6) is 5.75 Å². The number of aryl methyl sites for hydroxylation is 1. The molecular weight excluding hydrogens is 488 g/mol. The minimum Gasteiger partial charge on any atom is -0.497 e. The number of ether oxygens (including phenoxy) is 3. The minimum atomic E-state index is -4.07. The van der Waals surface area contributed by atoms with Crippen molar-refractivity contribution >= 4 is 27.7 Å². The predicted octanol–water partition coefficient (Wildman–Crippen LogP) is 2.15. The van der Waals surface area contributed by atoms with Crippen LogP contribution in [0.2, 0.25) is 0 Å². The summed E-state index contributed by atoms with van der Waals surface area (Å²) in [4.78, 5) is 28.1. The fourth-order valence-electron chi connectivity index (χ4n) is 4.52. The van der Waals surface area contributed by atoms with Gasteiger partial charge in [0, 0.05) is 12.3 Å². The highest BCUT2D eigenvalue weighted by Crippen LogP contribution is 2.47. The van der Waals surface area contributed by atoms with Crippen LogP contribution in [0.1, 0.15) is 30.4 Å². The first-order valence-corrected chi connectivity index (χ1v) is 12.6. The molecule has 0 saturated heterocycles. The maximum Gasteiger partial charge on any atom is 0.315 e. The summed E-state index contributed by atoms with van der Waals surface area (Å²) in [5.41, 5.74) is -0.319. The minimum absolute atomic E-state index is 0.0171. The zero-order valence-corrected chi connectivity index (χ0v) is 21.5. The normalized spacial score (nSPS) is 25.2. The third kappa shape index (κ3) is 5.52. The number of nitrogens with zero attached hydrogens (tertiary/aromatic N) is 1. The molecule has 1 aliphatic rings. The third-order valence-electron chi connectivity index (χ3n) is 6.34. The maximum absolute atomic E-state index is 13.0. The molecule has 0 spiro atoms. The average molecular weight is 519 g/mol. The summed E-state index contributed by atoms with van der Waals surface area (Å²) < 4.78 is 40.9. The molecular formula is C25H30N2O8S. The molecule has 36 heavy (non-hydrogen) atoms. The summed E-state index contributed by atoms with van der Waals surface area (Å²) in [6, 6.07) is 12.8. The highest BCUT2D eigenvalue weighted by molar-refractivity contribution is 7.89. The lowest BCUT2D eigenvalue weighted by Crippen LogP contribution is -2.55. The lowest BCUT2D eigenvalue weighted by Gasteiger charge is -2.44. The van der Waals surface area contributed by atoms with Crippen molar-refractivity contribution in [1.82, 2.24) is 4.83 Å².